The highest BCUT2D eigenvalue weighted by molar-refractivity contribution is 7.15. The first-order valence-corrected chi connectivity index (χ1v) is 9.52. The highest BCUT2D eigenvalue weighted by atomic mass is 32.1. The monoisotopic (exact) mass is 344 g/mol. The van der Waals surface area contributed by atoms with Gasteiger partial charge in [0.05, 0.1) is 0 Å². The van der Waals surface area contributed by atoms with Crippen LogP contribution >= 0.6 is 11.3 Å². The van der Waals surface area contributed by atoms with Gasteiger partial charge in [-0.05, 0) is 56.1 Å². The predicted octanol–water partition coefficient (Wildman–Crippen LogP) is 3.38. The number of aryl methyl sites for hydroxylation is 1. The summed E-state index contributed by atoms with van der Waals surface area (Å²) in [6, 6.07) is 8.83. The Morgan fingerprint density at radius 2 is 2.25 bits per heavy atom. The normalized spacial score (nSPS) is 21.8. The van der Waals surface area contributed by atoms with Gasteiger partial charge in [-0.3, -0.25) is 4.90 Å². The molecule has 2 aliphatic heterocycles. The highest BCUT2D eigenvalue weighted by Gasteiger charge is 2.26. The average molecular weight is 344 g/mol. The van der Waals surface area contributed by atoms with Crippen LogP contribution in [0.1, 0.15) is 23.3 Å². The standard InChI is InChI=1S/C19H24N2O2S/c1-13-4-5-18(24-13)14-9-15-12-21(16-3-2-6-20-11-16)7-8-23-19(15)17(22)10-14/h4-5,9-10,16,20,22H,2-3,6-8,11-12H2,1H3/t16-/m0/s1. The van der Waals surface area contributed by atoms with Crippen molar-refractivity contribution in [3.63, 3.8) is 0 Å². The molecule has 0 aliphatic carbocycles. The Balaban J connectivity index is 1.65. The zero-order valence-corrected chi connectivity index (χ0v) is 14.9. The van der Waals surface area contributed by atoms with E-state index >= 15 is 0 Å². The molecule has 0 amide bonds. The number of rotatable bonds is 2. The van der Waals surface area contributed by atoms with E-state index in [4.69, 9.17) is 4.74 Å². The van der Waals surface area contributed by atoms with Crippen molar-refractivity contribution in [1.29, 1.82) is 0 Å². The number of aromatic hydroxyl groups is 1. The van der Waals surface area contributed by atoms with E-state index in [1.54, 1.807) is 11.3 Å². The van der Waals surface area contributed by atoms with E-state index in [1.165, 1.54) is 22.6 Å². The topological polar surface area (TPSA) is 44.7 Å². The lowest BCUT2D eigenvalue weighted by Crippen LogP contribution is -2.46. The molecule has 1 atom stereocenters. The number of hydrogen-bond acceptors (Lipinski definition) is 5. The van der Waals surface area contributed by atoms with Crippen molar-refractivity contribution in [2.45, 2.75) is 32.4 Å². The van der Waals surface area contributed by atoms with Gasteiger partial charge in [-0.15, -0.1) is 11.3 Å². The number of phenolic OH excluding ortho intramolecular Hbond substituents is 1. The van der Waals surface area contributed by atoms with Gasteiger partial charge in [0.1, 0.15) is 6.61 Å². The minimum absolute atomic E-state index is 0.261. The van der Waals surface area contributed by atoms with Gasteiger partial charge in [0.2, 0.25) is 0 Å². The highest BCUT2D eigenvalue weighted by Crippen LogP contribution is 2.39. The Hall–Kier alpha value is -1.56. The van der Waals surface area contributed by atoms with Crippen LogP contribution in [-0.4, -0.2) is 42.3 Å². The number of fused-ring (bicyclic) bond motifs is 1. The molecule has 5 heteroatoms. The largest absolute Gasteiger partial charge is 0.504 e. The van der Waals surface area contributed by atoms with E-state index < -0.39 is 0 Å². The van der Waals surface area contributed by atoms with Crippen LogP contribution in [0, 0.1) is 6.92 Å². The summed E-state index contributed by atoms with van der Waals surface area (Å²) in [6.07, 6.45) is 2.47. The van der Waals surface area contributed by atoms with Gasteiger partial charge in [0, 0.05) is 41.0 Å². The third kappa shape index (κ3) is 3.16. The maximum absolute atomic E-state index is 10.5. The van der Waals surface area contributed by atoms with E-state index in [-0.39, 0.29) is 5.75 Å². The molecule has 4 rings (SSSR count). The second kappa shape index (κ2) is 6.75. The van der Waals surface area contributed by atoms with Gasteiger partial charge in [-0.1, -0.05) is 0 Å². The lowest BCUT2D eigenvalue weighted by atomic mass is 10.0. The number of nitrogens with zero attached hydrogens (tertiary/aromatic N) is 1. The Morgan fingerprint density at radius 1 is 1.33 bits per heavy atom. The number of benzene rings is 1. The van der Waals surface area contributed by atoms with Crippen LogP contribution in [0.3, 0.4) is 0 Å². The predicted molar refractivity (Wildman–Crippen MR) is 98.0 cm³/mol. The molecular formula is C19H24N2O2S. The van der Waals surface area contributed by atoms with E-state index in [0.717, 1.165) is 37.3 Å². The van der Waals surface area contributed by atoms with Crippen LogP contribution in [0.4, 0.5) is 0 Å². The van der Waals surface area contributed by atoms with E-state index in [0.29, 0.717) is 18.4 Å². The zero-order chi connectivity index (χ0) is 16.5. The molecule has 0 spiro atoms. The van der Waals surface area contributed by atoms with Crippen LogP contribution < -0.4 is 10.1 Å². The molecule has 2 aliphatic rings. The Morgan fingerprint density at radius 3 is 3.00 bits per heavy atom. The molecule has 1 saturated heterocycles. The molecule has 1 aromatic heterocycles. The second-order valence-electron chi connectivity index (χ2n) is 6.71. The Kier molecular flexibility index (Phi) is 4.48. The summed E-state index contributed by atoms with van der Waals surface area (Å²) in [7, 11) is 0. The summed E-state index contributed by atoms with van der Waals surface area (Å²) in [5, 5.41) is 14.0. The summed E-state index contributed by atoms with van der Waals surface area (Å²) in [5.41, 5.74) is 2.18. The first kappa shape index (κ1) is 15.9. The van der Waals surface area contributed by atoms with Crippen LogP contribution in [0.15, 0.2) is 24.3 Å². The van der Waals surface area contributed by atoms with Crippen molar-refractivity contribution in [3.05, 3.63) is 34.7 Å². The number of piperidine rings is 1. The molecular weight excluding hydrogens is 320 g/mol. The molecule has 0 bridgehead atoms. The van der Waals surface area contributed by atoms with Crippen LogP contribution in [0.5, 0.6) is 11.5 Å². The molecule has 24 heavy (non-hydrogen) atoms. The van der Waals surface area contributed by atoms with E-state index in [2.05, 4.69) is 35.3 Å². The minimum Gasteiger partial charge on any atom is -0.504 e. The van der Waals surface area contributed by atoms with Gasteiger partial charge >= 0.3 is 0 Å². The first-order valence-electron chi connectivity index (χ1n) is 8.71. The van der Waals surface area contributed by atoms with E-state index in [9.17, 15) is 5.11 Å². The van der Waals surface area contributed by atoms with Crippen LogP contribution in [0.25, 0.3) is 10.4 Å². The van der Waals surface area contributed by atoms with E-state index in [1.807, 2.05) is 6.07 Å². The number of thiophene rings is 1. The molecule has 1 fully saturated rings. The lowest BCUT2D eigenvalue weighted by molar-refractivity contribution is 0.144. The smallest absolute Gasteiger partial charge is 0.165 e. The third-order valence-corrected chi connectivity index (χ3v) is 6.01. The second-order valence-corrected chi connectivity index (χ2v) is 8.00. The minimum atomic E-state index is 0.261. The Bertz CT molecular complexity index is 722. The summed E-state index contributed by atoms with van der Waals surface area (Å²) in [5.74, 6) is 0.926. The van der Waals surface area contributed by atoms with Crippen LogP contribution in [-0.2, 0) is 6.54 Å². The fourth-order valence-corrected chi connectivity index (χ4v) is 4.56. The zero-order valence-electron chi connectivity index (χ0n) is 14.0. The lowest BCUT2D eigenvalue weighted by Gasteiger charge is -2.33. The maximum atomic E-state index is 10.5. The number of ether oxygens (including phenoxy) is 1. The fourth-order valence-electron chi connectivity index (χ4n) is 3.71. The van der Waals surface area contributed by atoms with Crippen molar-refractivity contribution in [1.82, 2.24) is 10.2 Å². The third-order valence-electron chi connectivity index (χ3n) is 4.96. The molecule has 0 radical (unpaired) electrons. The maximum Gasteiger partial charge on any atom is 0.165 e. The molecule has 0 saturated carbocycles. The van der Waals surface area contributed by atoms with Gasteiger partial charge in [-0.25, -0.2) is 0 Å². The molecule has 2 N–H and O–H groups in total. The summed E-state index contributed by atoms with van der Waals surface area (Å²) in [4.78, 5) is 4.98. The SMILES string of the molecule is Cc1ccc(-c2cc(O)c3c(c2)CN([C@H]2CCCNC2)CCO3)s1. The molecule has 4 nitrogen and oxygen atoms in total. The summed E-state index contributed by atoms with van der Waals surface area (Å²) in [6.45, 7) is 6.67. The van der Waals surface area contributed by atoms with Crippen molar-refractivity contribution in [3.8, 4) is 21.9 Å². The molecule has 128 valence electrons. The number of nitrogens with one attached hydrogen (secondary N) is 1. The van der Waals surface area contributed by atoms with Gasteiger partial charge in [-0.2, -0.15) is 0 Å². The number of hydrogen-bond donors (Lipinski definition) is 2. The fraction of sp³-hybridized carbons (Fsp3) is 0.474. The average Bonchev–Trinajstić information content (AvgIpc) is 2.91. The Labute approximate surface area is 147 Å². The number of phenols is 1. The molecule has 2 aromatic rings. The van der Waals surface area contributed by atoms with Crippen LogP contribution in [0.2, 0.25) is 0 Å². The molecule has 0 unspecified atom stereocenters. The first-order chi connectivity index (χ1) is 11.7. The summed E-state index contributed by atoms with van der Waals surface area (Å²) < 4.78 is 5.89. The van der Waals surface area contributed by atoms with Gasteiger partial charge in [0.25, 0.3) is 0 Å². The molecule has 1 aromatic carbocycles. The van der Waals surface area contributed by atoms with Crippen molar-refractivity contribution in [2.75, 3.05) is 26.2 Å². The van der Waals surface area contributed by atoms with Crippen molar-refractivity contribution >= 4 is 11.3 Å². The van der Waals surface area contributed by atoms with Crippen molar-refractivity contribution < 1.29 is 9.84 Å². The quantitative estimate of drug-likeness (QED) is 0.877. The van der Waals surface area contributed by atoms with Crippen molar-refractivity contribution in [2.24, 2.45) is 0 Å². The molecule has 3 heterocycles. The summed E-state index contributed by atoms with van der Waals surface area (Å²) >= 11 is 1.76. The van der Waals surface area contributed by atoms with Gasteiger partial charge in [0.15, 0.2) is 11.5 Å². The van der Waals surface area contributed by atoms with Gasteiger partial charge < -0.3 is 15.2 Å².